The maximum absolute atomic E-state index is 13.6. The normalized spacial score (nSPS) is 11.8. The van der Waals surface area contributed by atoms with Crippen molar-refractivity contribution in [2.45, 2.75) is 13.0 Å². The molecule has 0 radical (unpaired) electrons. The van der Waals surface area contributed by atoms with Gasteiger partial charge >= 0.3 is 0 Å². The summed E-state index contributed by atoms with van der Waals surface area (Å²) in [6.45, 7) is 1.71. The summed E-state index contributed by atoms with van der Waals surface area (Å²) in [6, 6.07) is 7.49. The fourth-order valence-electron chi connectivity index (χ4n) is 3.28. The van der Waals surface area contributed by atoms with Crippen LogP contribution in [0.15, 0.2) is 35.3 Å². The van der Waals surface area contributed by atoms with E-state index in [0.29, 0.717) is 5.69 Å². The zero-order valence-corrected chi connectivity index (χ0v) is 18.6. The van der Waals surface area contributed by atoms with Gasteiger partial charge in [-0.1, -0.05) is 23.2 Å². The van der Waals surface area contributed by atoms with Crippen LogP contribution in [0.2, 0.25) is 10.0 Å². The molecule has 13 heteroatoms. The number of aromatic nitrogens is 5. The molecule has 0 aliphatic heterocycles. The summed E-state index contributed by atoms with van der Waals surface area (Å²) in [5, 5.41) is 13.1. The molecule has 166 valence electrons. The molecule has 0 amide bonds. The molecular formula is C20H16Cl2N10O. The molecule has 0 saturated carbocycles. The van der Waals surface area contributed by atoms with Gasteiger partial charge in [0.1, 0.15) is 29.1 Å². The van der Waals surface area contributed by atoms with Gasteiger partial charge in [0.15, 0.2) is 5.82 Å². The highest BCUT2D eigenvalue weighted by Gasteiger charge is 2.23. The van der Waals surface area contributed by atoms with E-state index in [1.165, 1.54) is 16.8 Å². The second-order valence-corrected chi connectivity index (χ2v) is 7.79. The Morgan fingerprint density at radius 1 is 1.09 bits per heavy atom. The van der Waals surface area contributed by atoms with Crippen LogP contribution in [0.25, 0.3) is 16.6 Å². The fourth-order valence-corrected chi connectivity index (χ4v) is 3.72. The van der Waals surface area contributed by atoms with Crippen molar-refractivity contribution in [3.8, 4) is 11.8 Å². The van der Waals surface area contributed by atoms with E-state index in [9.17, 15) is 10.1 Å². The lowest BCUT2D eigenvalue weighted by Gasteiger charge is -2.21. The lowest BCUT2D eigenvalue weighted by atomic mass is 10.2. The average molecular weight is 483 g/mol. The van der Waals surface area contributed by atoms with Crippen molar-refractivity contribution < 1.29 is 0 Å². The summed E-state index contributed by atoms with van der Waals surface area (Å²) in [6.07, 6.45) is 1.43. The lowest BCUT2D eigenvalue weighted by Crippen LogP contribution is -2.28. The number of pyridine rings is 1. The van der Waals surface area contributed by atoms with Crippen molar-refractivity contribution in [1.29, 1.82) is 5.26 Å². The molecule has 7 N–H and O–H groups in total. The minimum Gasteiger partial charge on any atom is -0.384 e. The van der Waals surface area contributed by atoms with Crippen LogP contribution in [0.3, 0.4) is 0 Å². The monoisotopic (exact) mass is 482 g/mol. The Hall–Kier alpha value is -4.14. The predicted molar refractivity (Wildman–Crippen MR) is 127 cm³/mol. The zero-order valence-electron chi connectivity index (χ0n) is 17.0. The summed E-state index contributed by atoms with van der Waals surface area (Å²) < 4.78 is 1.33. The first-order valence-electron chi connectivity index (χ1n) is 9.43. The number of nitrogens with one attached hydrogen (secondary N) is 1. The third kappa shape index (κ3) is 3.93. The lowest BCUT2D eigenvalue weighted by molar-refractivity contribution is 0.729. The number of fused-ring (bicyclic) bond motifs is 1. The highest BCUT2D eigenvalue weighted by Crippen LogP contribution is 2.30. The molecule has 11 nitrogen and oxygen atoms in total. The van der Waals surface area contributed by atoms with Crippen LogP contribution in [-0.2, 0) is 0 Å². The Labute approximate surface area is 196 Å². The number of halogens is 2. The average Bonchev–Trinajstić information content (AvgIpc) is 2.76. The van der Waals surface area contributed by atoms with Crippen LogP contribution >= 0.6 is 23.2 Å². The van der Waals surface area contributed by atoms with Gasteiger partial charge in [0.25, 0.3) is 5.56 Å². The molecule has 1 atom stereocenters. The van der Waals surface area contributed by atoms with E-state index in [1.807, 2.05) is 6.07 Å². The molecule has 0 aliphatic carbocycles. The highest BCUT2D eigenvalue weighted by molar-refractivity contribution is 6.39. The Morgan fingerprint density at radius 3 is 2.48 bits per heavy atom. The van der Waals surface area contributed by atoms with E-state index >= 15 is 0 Å². The Bertz CT molecular complexity index is 1490. The number of hydrogen-bond donors (Lipinski definition) is 4. The number of nitrogen functional groups attached to an aromatic ring is 3. The minimum atomic E-state index is -0.685. The Morgan fingerprint density at radius 2 is 1.82 bits per heavy atom. The van der Waals surface area contributed by atoms with E-state index in [0.717, 1.165) is 0 Å². The summed E-state index contributed by atoms with van der Waals surface area (Å²) >= 11 is 12.6. The van der Waals surface area contributed by atoms with Crippen molar-refractivity contribution in [3.63, 3.8) is 0 Å². The van der Waals surface area contributed by atoms with Crippen LogP contribution in [-0.4, -0.2) is 24.5 Å². The van der Waals surface area contributed by atoms with Crippen molar-refractivity contribution in [2.24, 2.45) is 0 Å². The maximum Gasteiger partial charge on any atom is 0.267 e. The van der Waals surface area contributed by atoms with Crippen LogP contribution in [0.1, 0.15) is 24.4 Å². The van der Waals surface area contributed by atoms with Crippen molar-refractivity contribution >= 4 is 57.5 Å². The van der Waals surface area contributed by atoms with Crippen molar-refractivity contribution in [3.05, 3.63) is 62.2 Å². The number of anilines is 4. The largest absolute Gasteiger partial charge is 0.384 e. The molecule has 4 aromatic rings. The van der Waals surface area contributed by atoms with E-state index < -0.39 is 11.6 Å². The van der Waals surface area contributed by atoms with Gasteiger partial charge in [-0.3, -0.25) is 9.36 Å². The van der Waals surface area contributed by atoms with Crippen LogP contribution in [0.4, 0.5) is 23.4 Å². The molecule has 0 saturated heterocycles. The summed E-state index contributed by atoms with van der Waals surface area (Å²) in [4.78, 5) is 30.1. The first-order valence-corrected chi connectivity index (χ1v) is 10.2. The summed E-state index contributed by atoms with van der Waals surface area (Å²) in [5.41, 5.74) is 17.3. The first kappa shape index (κ1) is 22.1. The van der Waals surface area contributed by atoms with Gasteiger partial charge in [0, 0.05) is 0 Å². The summed E-state index contributed by atoms with van der Waals surface area (Å²) in [5.74, 6) is 0.398. The molecule has 1 unspecified atom stereocenters. The predicted octanol–water partition coefficient (Wildman–Crippen LogP) is 2.67. The molecule has 33 heavy (non-hydrogen) atoms. The topological polar surface area (TPSA) is 187 Å². The first-order chi connectivity index (χ1) is 15.7. The van der Waals surface area contributed by atoms with E-state index in [2.05, 4.69) is 25.3 Å². The second kappa shape index (κ2) is 8.42. The number of rotatable bonds is 4. The smallest absolute Gasteiger partial charge is 0.267 e. The highest BCUT2D eigenvalue weighted by atomic mass is 35.5. The number of benzene rings is 1. The second-order valence-electron chi connectivity index (χ2n) is 6.97. The maximum atomic E-state index is 13.6. The third-order valence-electron chi connectivity index (χ3n) is 4.79. The van der Waals surface area contributed by atoms with Crippen LogP contribution < -0.4 is 28.1 Å². The van der Waals surface area contributed by atoms with Crippen LogP contribution in [0, 0.1) is 11.3 Å². The minimum absolute atomic E-state index is 0.000893. The third-order valence-corrected chi connectivity index (χ3v) is 5.41. The van der Waals surface area contributed by atoms with Crippen molar-refractivity contribution in [2.75, 3.05) is 22.5 Å². The molecule has 1 aromatic carbocycles. The number of nitriles is 1. The Kier molecular flexibility index (Phi) is 5.63. The standard InChI is InChI=1S/C20H16Cl2N10O/c1-8(28-17-10(6-23)16(25)30-20(26)31-17)18-29-15-12(22)4-3-11(21)14(15)19(33)32(18)9-2-5-13(24)27-7-9/h2-5,7-8H,1H3,(H2,24,27)(H5,25,26,28,30,31). The molecule has 0 bridgehead atoms. The Balaban J connectivity index is 1.98. The van der Waals surface area contributed by atoms with Gasteiger partial charge in [0.2, 0.25) is 5.95 Å². The molecule has 0 aliphatic rings. The summed E-state index contributed by atoms with van der Waals surface area (Å²) in [7, 11) is 0. The van der Waals surface area contributed by atoms with E-state index in [4.69, 9.17) is 40.4 Å². The molecule has 4 rings (SSSR count). The van der Waals surface area contributed by atoms with Crippen molar-refractivity contribution in [1.82, 2.24) is 24.5 Å². The van der Waals surface area contributed by atoms with Gasteiger partial charge in [-0.05, 0) is 31.2 Å². The van der Waals surface area contributed by atoms with Gasteiger partial charge in [-0.2, -0.15) is 15.2 Å². The SMILES string of the molecule is CC(Nc1nc(N)nc(N)c1C#N)c1nc2c(Cl)ccc(Cl)c2c(=O)n1-c1ccc(N)nc1. The van der Waals surface area contributed by atoms with Gasteiger partial charge in [-0.25, -0.2) is 9.97 Å². The number of nitrogens with two attached hydrogens (primary N) is 3. The number of nitrogens with zero attached hydrogens (tertiary/aromatic N) is 6. The van der Waals surface area contributed by atoms with E-state index in [-0.39, 0.29) is 55.7 Å². The zero-order chi connectivity index (χ0) is 23.9. The van der Waals surface area contributed by atoms with Gasteiger partial charge < -0.3 is 22.5 Å². The quantitative estimate of drug-likeness (QED) is 0.336. The van der Waals surface area contributed by atoms with E-state index in [1.54, 1.807) is 25.1 Å². The fraction of sp³-hybridized carbons (Fsp3) is 0.100. The number of hydrogen-bond acceptors (Lipinski definition) is 10. The van der Waals surface area contributed by atoms with Crippen LogP contribution in [0.5, 0.6) is 0 Å². The molecule has 3 aromatic heterocycles. The molecular weight excluding hydrogens is 467 g/mol. The molecule has 0 fully saturated rings. The van der Waals surface area contributed by atoms with Gasteiger partial charge in [-0.15, -0.1) is 0 Å². The van der Waals surface area contributed by atoms with Gasteiger partial charge in [0.05, 0.1) is 38.9 Å². The molecule has 0 spiro atoms. The molecule has 3 heterocycles.